The molecule has 2 rings (SSSR count). The van der Waals surface area contributed by atoms with Gasteiger partial charge in [-0.05, 0) is 37.6 Å². The third-order valence-corrected chi connectivity index (χ3v) is 3.89. The fourth-order valence-electron chi connectivity index (χ4n) is 2.76. The van der Waals surface area contributed by atoms with Crippen molar-refractivity contribution in [3.63, 3.8) is 0 Å². The third kappa shape index (κ3) is 4.07. The molecule has 1 aromatic rings. The summed E-state index contributed by atoms with van der Waals surface area (Å²) in [6.07, 6.45) is 6.12. The molecule has 0 amide bonds. The van der Waals surface area contributed by atoms with Crippen LogP contribution in [-0.2, 0) is 6.54 Å². The van der Waals surface area contributed by atoms with Gasteiger partial charge in [-0.3, -0.25) is 15.0 Å². The fourth-order valence-corrected chi connectivity index (χ4v) is 2.76. The lowest BCUT2D eigenvalue weighted by atomic mass is 10.1. The van der Waals surface area contributed by atoms with E-state index in [9.17, 15) is 15.2 Å². The van der Waals surface area contributed by atoms with Gasteiger partial charge in [0.2, 0.25) is 5.75 Å². The topological polar surface area (TPSA) is 75.8 Å². The number of rotatable bonds is 4. The highest BCUT2D eigenvalue weighted by Gasteiger charge is 2.20. The zero-order chi connectivity index (χ0) is 15.2. The molecule has 0 unspecified atom stereocenters. The van der Waals surface area contributed by atoms with E-state index >= 15 is 0 Å². The molecule has 0 aromatic heterocycles. The third-order valence-electron chi connectivity index (χ3n) is 3.89. The molecule has 0 bridgehead atoms. The quantitative estimate of drug-likeness (QED) is 0.682. The average molecular weight is 294 g/mol. The fraction of sp³-hybridized carbons (Fsp3) is 0.600. The first kappa shape index (κ1) is 15.6. The van der Waals surface area contributed by atoms with Gasteiger partial charge in [0, 0.05) is 12.6 Å². The zero-order valence-electron chi connectivity index (χ0n) is 12.4. The van der Waals surface area contributed by atoms with Crippen molar-refractivity contribution < 1.29 is 14.8 Å². The monoisotopic (exact) mass is 294 g/mol. The molecule has 0 atom stereocenters. The Morgan fingerprint density at radius 3 is 2.43 bits per heavy atom. The summed E-state index contributed by atoms with van der Waals surface area (Å²) in [7, 11) is 1.40. The smallest absolute Gasteiger partial charge is 0.314 e. The predicted molar refractivity (Wildman–Crippen MR) is 79.7 cm³/mol. The molecule has 0 radical (unpaired) electrons. The summed E-state index contributed by atoms with van der Waals surface area (Å²) in [5, 5.41) is 20.8. The van der Waals surface area contributed by atoms with E-state index in [1.165, 1.54) is 32.4 Å². The van der Waals surface area contributed by atoms with Crippen molar-refractivity contribution in [1.82, 2.24) is 4.90 Å². The molecular weight excluding hydrogens is 272 g/mol. The number of phenols is 1. The van der Waals surface area contributed by atoms with E-state index in [1.807, 2.05) is 0 Å². The van der Waals surface area contributed by atoms with Crippen LogP contribution in [0.1, 0.15) is 37.7 Å². The molecule has 116 valence electrons. The largest absolute Gasteiger partial charge is 0.500 e. The first-order chi connectivity index (χ1) is 10.1. The first-order valence-electron chi connectivity index (χ1n) is 7.38. The minimum Gasteiger partial charge on any atom is -0.500 e. The number of nitro groups is 1. The average Bonchev–Trinajstić information content (AvgIpc) is 2.42. The van der Waals surface area contributed by atoms with E-state index in [1.54, 1.807) is 6.07 Å². The van der Waals surface area contributed by atoms with Gasteiger partial charge in [0.25, 0.3) is 0 Å². The van der Waals surface area contributed by atoms with E-state index in [-0.39, 0.29) is 11.4 Å². The number of nitrogens with zero attached hydrogens (tertiary/aromatic N) is 2. The Balaban J connectivity index is 2.18. The maximum Gasteiger partial charge on any atom is 0.314 e. The number of ether oxygens (including phenoxy) is 1. The standard InChI is InChI=1S/C15H22N2O4/c1-21-14-10-12(9-13(15(14)18)17(19)20)11-16-7-5-3-2-4-6-8-16/h9-10,18H,2-8,11H2,1H3. The zero-order valence-corrected chi connectivity index (χ0v) is 12.4. The Morgan fingerprint density at radius 2 is 1.86 bits per heavy atom. The molecule has 0 spiro atoms. The Bertz CT molecular complexity index is 497. The molecule has 0 aliphatic carbocycles. The van der Waals surface area contributed by atoms with Gasteiger partial charge in [0.05, 0.1) is 12.0 Å². The number of aromatic hydroxyl groups is 1. The first-order valence-corrected chi connectivity index (χ1v) is 7.38. The minimum absolute atomic E-state index is 0.159. The Labute approximate surface area is 124 Å². The molecule has 6 heteroatoms. The maximum atomic E-state index is 11.0. The summed E-state index contributed by atoms with van der Waals surface area (Å²) in [6.45, 7) is 2.67. The molecule has 1 heterocycles. The van der Waals surface area contributed by atoms with Crippen molar-refractivity contribution in [2.75, 3.05) is 20.2 Å². The van der Waals surface area contributed by atoms with Crippen molar-refractivity contribution in [3.05, 3.63) is 27.8 Å². The molecule has 1 fully saturated rings. The van der Waals surface area contributed by atoms with Crippen molar-refractivity contribution in [2.45, 2.75) is 38.6 Å². The predicted octanol–water partition coefficient (Wildman–Crippen LogP) is 3.08. The Kier molecular flexibility index (Phi) is 5.38. The van der Waals surface area contributed by atoms with Gasteiger partial charge in [0.15, 0.2) is 5.75 Å². The van der Waals surface area contributed by atoms with Crippen LogP contribution in [0.3, 0.4) is 0 Å². The van der Waals surface area contributed by atoms with Crippen LogP contribution in [0.25, 0.3) is 0 Å². The molecule has 6 nitrogen and oxygen atoms in total. The number of methoxy groups -OCH3 is 1. The number of benzene rings is 1. The normalized spacial score (nSPS) is 17.0. The Hall–Kier alpha value is -1.82. The molecule has 1 aliphatic rings. The SMILES string of the molecule is COc1cc(CN2CCCCCCC2)cc([N+](=O)[O-])c1O. The second-order valence-electron chi connectivity index (χ2n) is 5.47. The van der Waals surface area contributed by atoms with Gasteiger partial charge in [-0.25, -0.2) is 0 Å². The van der Waals surface area contributed by atoms with Gasteiger partial charge >= 0.3 is 5.69 Å². The van der Waals surface area contributed by atoms with E-state index < -0.39 is 10.7 Å². The van der Waals surface area contributed by atoms with E-state index in [4.69, 9.17) is 4.74 Å². The van der Waals surface area contributed by atoms with Crippen LogP contribution in [0.4, 0.5) is 5.69 Å². The second-order valence-corrected chi connectivity index (χ2v) is 5.47. The lowest BCUT2D eigenvalue weighted by molar-refractivity contribution is -0.386. The lowest BCUT2D eigenvalue weighted by Crippen LogP contribution is -2.26. The van der Waals surface area contributed by atoms with Crippen LogP contribution in [0.2, 0.25) is 0 Å². The molecule has 21 heavy (non-hydrogen) atoms. The minimum atomic E-state index is -0.575. The summed E-state index contributed by atoms with van der Waals surface area (Å²) in [4.78, 5) is 12.8. The maximum absolute atomic E-state index is 11.0. The van der Waals surface area contributed by atoms with Crippen LogP contribution >= 0.6 is 0 Å². The van der Waals surface area contributed by atoms with Crippen LogP contribution in [-0.4, -0.2) is 35.1 Å². The number of hydrogen-bond donors (Lipinski definition) is 1. The van der Waals surface area contributed by atoms with Crippen LogP contribution in [0, 0.1) is 10.1 Å². The molecule has 1 N–H and O–H groups in total. The van der Waals surface area contributed by atoms with Gasteiger partial charge in [-0.1, -0.05) is 19.3 Å². The van der Waals surface area contributed by atoms with Gasteiger partial charge in [-0.15, -0.1) is 0 Å². The number of phenolic OH excluding ortho intramolecular Hbond substituents is 1. The van der Waals surface area contributed by atoms with Crippen LogP contribution in [0.15, 0.2) is 12.1 Å². The second kappa shape index (κ2) is 7.26. The summed E-state index contributed by atoms with van der Waals surface area (Å²) in [6, 6.07) is 3.12. The van der Waals surface area contributed by atoms with Gasteiger partial charge in [0.1, 0.15) is 0 Å². The highest BCUT2D eigenvalue weighted by atomic mass is 16.6. The van der Waals surface area contributed by atoms with Gasteiger partial charge < -0.3 is 9.84 Å². The summed E-state index contributed by atoms with van der Waals surface area (Å²) >= 11 is 0. The number of likely N-dealkylation sites (tertiary alicyclic amines) is 1. The lowest BCUT2D eigenvalue weighted by Gasteiger charge is -2.24. The molecule has 1 aliphatic heterocycles. The number of nitro benzene ring substituents is 1. The molecular formula is C15H22N2O4. The molecule has 1 saturated heterocycles. The van der Waals surface area contributed by atoms with Crippen molar-refractivity contribution >= 4 is 5.69 Å². The van der Waals surface area contributed by atoms with Crippen molar-refractivity contribution in [3.8, 4) is 11.5 Å². The van der Waals surface area contributed by atoms with E-state index in [0.717, 1.165) is 31.5 Å². The number of hydrogen-bond acceptors (Lipinski definition) is 5. The highest BCUT2D eigenvalue weighted by Crippen LogP contribution is 2.37. The molecule has 1 aromatic carbocycles. The Morgan fingerprint density at radius 1 is 1.24 bits per heavy atom. The summed E-state index contributed by atoms with van der Waals surface area (Å²) in [5.74, 6) is -0.245. The molecule has 0 saturated carbocycles. The van der Waals surface area contributed by atoms with Crippen molar-refractivity contribution in [1.29, 1.82) is 0 Å². The van der Waals surface area contributed by atoms with Crippen molar-refractivity contribution in [2.24, 2.45) is 0 Å². The van der Waals surface area contributed by atoms with E-state index in [2.05, 4.69) is 4.90 Å². The summed E-state index contributed by atoms with van der Waals surface area (Å²) in [5.41, 5.74) is 0.508. The van der Waals surface area contributed by atoms with E-state index in [0.29, 0.717) is 6.54 Å². The van der Waals surface area contributed by atoms with Crippen LogP contribution < -0.4 is 4.74 Å². The highest BCUT2D eigenvalue weighted by molar-refractivity contribution is 5.57. The summed E-state index contributed by atoms with van der Waals surface area (Å²) < 4.78 is 5.04. The van der Waals surface area contributed by atoms with Crippen LogP contribution in [0.5, 0.6) is 11.5 Å². The van der Waals surface area contributed by atoms with Gasteiger partial charge in [-0.2, -0.15) is 0 Å².